The Labute approximate surface area is 380 Å². The van der Waals surface area contributed by atoms with Gasteiger partial charge in [0.15, 0.2) is 5.96 Å². The molecule has 0 bridgehead atoms. The number of H-pyrrole nitrogens is 1. The highest BCUT2D eigenvalue weighted by atomic mass is 16.4. The van der Waals surface area contributed by atoms with Crippen LogP contribution < -0.4 is 49.1 Å². The first-order valence-electron chi connectivity index (χ1n) is 21.2. The zero-order chi connectivity index (χ0) is 48.5. The van der Waals surface area contributed by atoms with Gasteiger partial charge in [-0.2, -0.15) is 0 Å². The van der Waals surface area contributed by atoms with Crippen molar-refractivity contribution in [1.82, 2.24) is 36.9 Å². The number of carbonyl (C=O) groups is 7. The van der Waals surface area contributed by atoms with Crippen molar-refractivity contribution >= 4 is 58.3 Å². The number of para-hydroxylation sites is 1. The van der Waals surface area contributed by atoms with Gasteiger partial charge in [-0.15, -0.1) is 0 Å². The fourth-order valence-electron chi connectivity index (χ4n) is 6.74. The summed E-state index contributed by atoms with van der Waals surface area (Å²) in [6.07, 6.45) is 0.264. The molecule has 0 fully saturated rings. The maximum absolute atomic E-state index is 14.3. The number of nitrogens with zero attached hydrogens (tertiary/aromatic N) is 1. The Morgan fingerprint density at radius 2 is 1.12 bits per heavy atom. The molecule has 1 aromatic heterocycles. The molecule has 1 heterocycles. The highest BCUT2D eigenvalue weighted by Crippen LogP contribution is 2.20. The number of carboxylic acid groups (broad SMARTS) is 1. The van der Waals surface area contributed by atoms with Crippen LogP contribution in [0.5, 0.6) is 5.75 Å². The molecule has 8 atom stereocenters. The maximum atomic E-state index is 14.3. The number of aromatic hydroxyl groups is 1. The summed E-state index contributed by atoms with van der Waals surface area (Å²) in [6, 6.07) is 12.5. The van der Waals surface area contributed by atoms with Gasteiger partial charge in [-0.1, -0.05) is 60.7 Å². The first-order chi connectivity index (χ1) is 31.3. The van der Waals surface area contributed by atoms with E-state index < -0.39 is 89.8 Å². The van der Waals surface area contributed by atoms with Gasteiger partial charge in [-0.05, 0) is 68.5 Å². The monoisotopic (exact) mass is 913 g/mol. The molecule has 4 aromatic rings. The van der Waals surface area contributed by atoms with Gasteiger partial charge in [0.2, 0.25) is 35.4 Å². The zero-order valence-corrected chi connectivity index (χ0v) is 36.8. The lowest BCUT2D eigenvalue weighted by Crippen LogP contribution is -2.60. The third kappa shape index (κ3) is 15.6. The number of aliphatic imine (C=N–C) groups is 1. The molecule has 3 aromatic carbocycles. The topological polar surface area (TPSA) is 359 Å². The van der Waals surface area contributed by atoms with Gasteiger partial charge in [0.1, 0.15) is 48.0 Å². The molecule has 354 valence electrons. The van der Waals surface area contributed by atoms with E-state index in [0.717, 1.165) is 10.9 Å². The fourth-order valence-corrected chi connectivity index (χ4v) is 6.74. The fraction of sp³-hybridized carbons (Fsp3) is 0.378. The predicted octanol–water partition coefficient (Wildman–Crippen LogP) is -1.30. The molecule has 21 nitrogen and oxygen atoms in total. The van der Waals surface area contributed by atoms with Crippen LogP contribution in [0, 0.1) is 0 Å². The third-order valence-electron chi connectivity index (χ3n) is 10.5. The number of aromatic nitrogens is 1. The van der Waals surface area contributed by atoms with Crippen molar-refractivity contribution < 1.29 is 48.9 Å². The van der Waals surface area contributed by atoms with E-state index in [0.29, 0.717) is 16.7 Å². The summed E-state index contributed by atoms with van der Waals surface area (Å²) in [7, 11) is 0. The van der Waals surface area contributed by atoms with Gasteiger partial charge >= 0.3 is 5.97 Å². The Hall–Kier alpha value is -7.52. The first-order valence-corrected chi connectivity index (χ1v) is 21.2. The number of phenols is 1. The molecule has 66 heavy (non-hydrogen) atoms. The van der Waals surface area contributed by atoms with E-state index in [4.69, 9.17) is 17.2 Å². The first kappa shape index (κ1) is 51.1. The van der Waals surface area contributed by atoms with E-state index in [1.165, 1.54) is 45.0 Å². The molecule has 0 radical (unpaired) electrons. The summed E-state index contributed by atoms with van der Waals surface area (Å²) in [5.41, 5.74) is 19.2. The molecule has 0 aliphatic carbocycles. The molecular formula is C45H59N11O10. The number of rotatable bonds is 24. The second-order valence-corrected chi connectivity index (χ2v) is 15.9. The Balaban J connectivity index is 1.58. The second kappa shape index (κ2) is 24.5. The number of carboxylic acids is 1. The van der Waals surface area contributed by atoms with Crippen molar-refractivity contribution in [2.45, 2.75) is 101 Å². The van der Waals surface area contributed by atoms with Gasteiger partial charge in [-0.25, -0.2) is 4.79 Å². The number of aliphatic hydroxyl groups is 1. The number of amides is 6. The standard InChI is InChI=1S/C45H59N11O10/c1-24(52-43(64)37(46)26(3)57)38(59)51-25(2)39(60)54-34(21-28-15-17-30(58)18-16-28)41(62)53-33(14-9-19-49-45(47)48)40(61)55-35(20-27-10-5-4-6-11-27)42(63)56-36(44(65)66)22-29-23-50-32-13-8-7-12-31(29)32/h4-8,10-13,15-18,23-26,33-37,50,57-58H,9,14,19-22,46H2,1-3H3,(H,51,59)(H,52,64)(H,53,62)(H,54,60)(H,55,61)(H,56,63)(H,65,66)(H4,47,48,49)/t24-,25-,26+,33-,34-,35-,36-,37-/m0/s1. The van der Waals surface area contributed by atoms with Crippen LogP contribution in [-0.4, -0.2) is 123 Å². The van der Waals surface area contributed by atoms with Gasteiger partial charge < -0.3 is 69.4 Å². The number of hydrogen-bond acceptors (Lipinski definition) is 11. The number of phenolic OH excluding ortho intramolecular Hbond substituents is 1. The lowest BCUT2D eigenvalue weighted by atomic mass is 10.0. The molecule has 0 saturated carbocycles. The van der Waals surface area contributed by atoms with Crippen LogP contribution in [0.4, 0.5) is 0 Å². The molecule has 6 amide bonds. The smallest absolute Gasteiger partial charge is 0.326 e. The summed E-state index contributed by atoms with van der Waals surface area (Å²) in [6.45, 7) is 4.04. The minimum absolute atomic E-state index is 0.0543. The summed E-state index contributed by atoms with van der Waals surface area (Å²) in [5, 5.41) is 45.9. The van der Waals surface area contributed by atoms with E-state index in [9.17, 15) is 48.9 Å². The van der Waals surface area contributed by atoms with Crippen LogP contribution >= 0.6 is 0 Å². The number of nitrogens with two attached hydrogens (primary N) is 3. The number of aliphatic carboxylic acids is 1. The summed E-state index contributed by atoms with van der Waals surface area (Å²) in [4.78, 5) is 101. The van der Waals surface area contributed by atoms with Crippen LogP contribution in [0.3, 0.4) is 0 Å². The number of hydrogen-bond donors (Lipinski definition) is 13. The van der Waals surface area contributed by atoms with E-state index in [2.05, 4.69) is 41.9 Å². The van der Waals surface area contributed by atoms with E-state index in [1.807, 2.05) is 18.2 Å². The Kier molecular flexibility index (Phi) is 19.0. The molecule has 0 spiro atoms. The van der Waals surface area contributed by atoms with Gasteiger partial charge in [-0.3, -0.25) is 33.8 Å². The quantitative estimate of drug-likeness (QED) is 0.0221. The highest BCUT2D eigenvalue weighted by Gasteiger charge is 2.33. The van der Waals surface area contributed by atoms with Crippen LogP contribution in [0.25, 0.3) is 10.9 Å². The van der Waals surface area contributed by atoms with Crippen molar-refractivity contribution in [2.75, 3.05) is 6.54 Å². The maximum Gasteiger partial charge on any atom is 0.326 e. The Morgan fingerprint density at radius 3 is 1.71 bits per heavy atom. The number of nitrogens with one attached hydrogen (secondary N) is 7. The zero-order valence-electron chi connectivity index (χ0n) is 36.8. The average Bonchev–Trinajstić information content (AvgIpc) is 3.69. The van der Waals surface area contributed by atoms with Crippen molar-refractivity contribution in [3.8, 4) is 5.75 Å². The number of guanidine groups is 1. The average molecular weight is 914 g/mol. The SMILES string of the molecule is C[C@H](NC(=O)[C@H](C)NC(=O)[C@@H](N)[C@@H](C)O)C(=O)N[C@@H](Cc1ccc(O)cc1)C(=O)N[C@@H](CCCN=C(N)N)C(=O)N[C@@H](Cc1ccccc1)C(=O)N[C@@H](Cc1c[nH]c2ccccc12)C(=O)O. The molecule has 0 aliphatic heterocycles. The lowest BCUT2D eigenvalue weighted by molar-refractivity contribution is -0.142. The van der Waals surface area contributed by atoms with Crippen molar-refractivity contribution in [3.05, 3.63) is 102 Å². The minimum atomic E-state index is -1.39. The van der Waals surface area contributed by atoms with E-state index >= 15 is 0 Å². The van der Waals surface area contributed by atoms with Crippen LogP contribution in [0.15, 0.2) is 90.1 Å². The Morgan fingerprint density at radius 1 is 0.621 bits per heavy atom. The van der Waals surface area contributed by atoms with Gasteiger partial charge in [0.25, 0.3) is 0 Å². The van der Waals surface area contributed by atoms with Crippen molar-refractivity contribution in [2.24, 2.45) is 22.2 Å². The normalized spacial score (nSPS) is 14.7. The highest BCUT2D eigenvalue weighted by molar-refractivity contribution is 5.97. The van der Waals surface area contributed by atoms with Crippen molar-refractivity contribution in [1.29, 1.82) is 0 Å². The molecule has 0 aliphatic rings. The third-order valence-corrected chi connectivity index (χ3v) is 10.5. The molecule has 21 heteroatoms. The van der Waals surface area contributed by atoms with E-state index in [-0.39, 0.29) is 50.4 Å². The largest absolute Gasteiger partial charge is 0.508 e. The predicted molar refractivity (Wildman–Crippen MR) is 244 cm³/mol. The molecule has 0 unspecified atom stereocenters. The summed E-state index contributed by atoms with van der Waals surface area (Å²) < 4.78 is 0. The van der Waals surface area contributed by atoms with Crippen molar-refractivity contribution in [3.63, 3.8) is 0 Å². The molecule has 16 N–H and O–H groups in total. The number of aliphatic hydroxyl groups excluding tert-OH is 1. The number of fused-ring (bicyclic) bond motifs is 1. The van der Waals surface area contributed by atoms with Gasteiger partial charge in [0, 0.05) is 42.9 Å². The Bertz CT molecular complexity index is 2330. The second-order valence-electron chi connectivity index (χ2n) is 15.9. The number of carbonyl (C=O) groups excluding carboxylic acids is 6. The van der Waals surface area contributed by atoms with Gasteiger partial charge in [0.05, 0.1) is 6.10 Å². The lowest BCUT2D eigenvalue weighted by Gasteiger charge is -2.27. The summed E-state index contributed by atoms with van der Waals surface area (Å²) in [5.74, 6) is -6.46. The molecular weight excluding hydrogens is 855 g/mol. The number of aromatic amines is 1. The molecule has 0 saturated heterocycles. The molecule has 4 rings (SSSR count). The van der Waals surface area contributed by atoms with Crippen LogP contribution in [-0.2, 0) is 52.8 Å². The minimum Gasteiger partial charge on any atom is -0.508 e. The number of benzene rings is 3. The summed E-state index contributed by atoms with van der Waals surface area (Å²) >= 11 is 0. The van der Waals surface area contributed by atoms with Crippen LogP contribution in [0.1, 0.15) is 50.3 Å². The van der Waals surface area contributed by atoms with E-state index in [1.54, 1.807) is 42.6 Å². The van der Waals surface area contributed by atoms with Crippen LogP contribution in [0.2, 0.25) is 0 Å².